The van der Waals surface area contributed by atoms with E-state index in [4.69, 9.17) is 9.47 Å². The minimum absolute atomic E-state index is 0. The van der Waals surface area contributed by atoms with Gasteiger partial charge in [0.05, 0.1) is 17.7 Å². The molecular formula is C20H18KO9. The molecule has 5 atom stereocenters. The third-order valence-electron chi connectivity index (χ3n) is 5.10. The summed E-state index contributed by atoms with van der Waals surface area (Å²) in [7, 11) is 0. The molecular weight excluding hydrogens is 423 g/mol. The van der Waals surface area contributed by atoms with E-state index in [0.29, 0.717) is 0 Å². The Hall–Kier alpha value is -1.18. The maximum atomic E-state index is 13.0. The largest absolute Gasteiger partial charge is 0.507 e. The van der Waals surface area contributed by atoms with Gasteiger partial charge < -0.3 is 35.0 Å². The fourth-order valence-corrected chi connectivity index (χ4v) is 3.58. The first-order valence-electron chi connectivity index (χ1n) is 8.86. The standard InChI is InChI=1S/C20H18O9.K/c21-7-12-16(24)18(26)19(27)20(29-12)28-11-6-2-4-9-14(11)17(25)13-8(15(9)23)3-1-5-10(13)22;/h1-6,12,16,18-22,24,26-27H,7H2;. The van der Waals surface area contributed by atoms with Gasteiger partial charge in [0.25, 0.3) is 0 Å². The van der Waals surface area contributed by atoms with Gasteiger partial charge in [0.15, 0.2) is 5.78 Å². The van der Waals surface area contributed by atoms with Gasteiger partial charge in [-0.05, 0) is 12.1 Å². The molecule has 1 fully saturated rings. The van der Waals surface area contributed by atoms with E-state index in [-0.39, 0.29) is 85.1 Å². The van der Waals surface area contributed by atoms with Crippen molar-refractivity contribution in [3.63, 3.8) is 0 Å². The molecule has 1 saturated heterocycles. The molecule has 0 aromatic heterocycles. The van der Waals surface area contributed by atoms with Crippen LogP contribution < -0.4 is 4.74 Å². The maximum absolute atomic E-state index is 13.0. The summed E-state index contributed by atoms with van der Waals surface area (Å²) in [5.74, 6) is -1.59. The number of phenolic OH excluding ortho intramolecular Hbond substituents is 1. The Morgan fingerprint density at radius 1 is 0.867 bits per heavy atom. The summed E-state index contributed by atoms with van der Waals surface area (Å²) < 4.78 is 10.9. The molecule has 2 aromatic carbocycles. The fraction of sp³-hybridized carbons (Fsp3) is 0.300. The number of hydrogen-bond acceptors (Lipinski definition) is 9. The number of ether oxygens (including phenoxy) is 2. The van der Waals surface area contributed by atoms with E-state index in [1.54, 1.807) is 0 Å². The smallest absolute Gasteiger partial charge is 0.229 e. The molecule has 0 bridgehead atoms. The molecule has 30 heavy (non-hydrogen) atoms. The number of fused-ring (bicyclic) bond motifs is 2. The molecule has 4 rings (SSSR count). The van der Waals surface area contributed by atoms with Crippen molar-refractivity contribution < 1.29 is 44.6 Å². The van der Waals surface area contributed by atoms with Gasteiger partial charge in [-0.3, -0.25) is 9.59 Å². The van der Waals surface area contributed by atoms with Crippen molar-refractivity contribution in [2.75, 3.05) is 6.61 Å². The van der Waals surface area contributed by atoms with Crippen molar-refractivity contribution in [1.82, 2.24) is 0 Å². The first-order valence-corrected chi connectivity index (χ1v) is 8.86. The first-order chi connectivity index (χ1) is 13.8. The monoisotopic (exact) mass is 441 g/mol. The summed E-state index contributed by atoms with van der Waals surface area (Å²) >= 11 is 0. The summed E-state index contributed by atoms with van der Waals surface area (Å²) in [6.45, 7) is -0.642. The molecule has 0 amide bonds. The Labute approximate surface area is 213 Å². The van der Waals surface area contributed by atoms with Crippen molar-refractivity contribution in [3.8, 4) is 11.5 Å². The Bertz CT molecular complexity index is 990. The summed E-state index contributed by atoms with van der Waals surface area (Å²) in [5.41, 5.74) is -0.166. The summed E-state index contributed by atoms with van der Waals surface area (Å²) in [6.07, 6.45) is -7.62. The molecule has 1 aliphatic carbocycles. The Balaban J connectivity index is 0.00000256. The van der Waals surface area contributed by atoms with Crippen LogP contribution in [0.5, 0.6) is 11.5 Å². The Morgan fingerprint density at radius 3 is 2.17 bits per heavy atom. The molecule has 0 spiro atoms. The van der Waals surface area contributed by atoms with E-state index in [2.05, 4.69) is 0 Å². The van der Waals surface area contributed by atoms with Crippen LogP contribution in [0.25, 0.3) is 0 Å². The summed E-state index contributed by atoms with van der Waals surface area (Å²) in [4.78, 5) is 25.8. The van der Waals surface area contributed by atoms with Gasteiger partial charge in [-0.2, -0.15) is 0 Å². The zero-order valence-corrected chi connectivity index (χ0v) is 19.1. The summed E-state index contributed by atoms with van der Waals surface area (Å²) in [6, 6.07) is 8.45. The molecule has 1 radical (unpaired) electrons. The molecule has 5 N–H and O–H groups in total. The number of ketones is 2. The van der Waals surface area contributed by atoms with Gasteiger partial charge in [0.1, 0.15) is 35.9 Å². The van der Waals surface area contributed by atoms with E-state index in [1.165, 1.54) is 36.4 Å². The molecule has 10 heteroatoms. The van der Waals surface area contributed by atoms with Gasteiger partial charge in [-0.25, -0.2) is 0 Å². The number of benzene rings is 2. The second-order valence-electron chi connectivity index (χ2n) is 6.85. The van der Waals surface area contributed by atoms with Crippen molar-refractivity contribution in [2.24, 2.45) is 0 Å². The zero-order valence-electron chi connectivity index (χ0n) is 15.9. The number of aromatic hydroxyl groups is 1. The predicted octanol–water partition coefficient (Wildman–Crippen LogP) is -1.03. The van der Waals surface area contributed by atoms with Crippen LogP contribution in [-0.2, 0) is 4.74 Å². The normalized spacial score (nSPS) is 27.7. The van der Waals surface area contributed by atoms with Gasteiger partial charge in [-0.1, -0.05) is 24.3 Å². The minimum atomic E-state index is -1.68. The van der Waals surface area contributed by atoms with E-state index in [1.807, 2.05) is 0 Å². The van der Waals surface area contributed by atoms with Crippen LogP contribution in [-0.4, -0.2) is 126 Å². The van der Waals surface area contributed by atoms with Crippen LogP contribution in [0.3, 0.4) is 0 Å². The molecule has 5 unspecified atom stereocenters. The van der Waals surface area contributed by atoms with E-state index < -0.39 is 48.9 Å². The van der Waals surface area contributed by atoms with Crippen LogP contribution in [0, 0.1) is 0 Å². The number of carbonyl (C=O) groups excluding carboxylic acids is 2. The van der Waals surface area contributed by atoms with Crippen molar-refractivity contribution >= 4 is 63.0 Å². The van der Waals surface area contributed by atoms with Gasteiger partial charge in [-0.15, -0.1) is 0 Å². The second-order valence-corrected chi connectivity index (χ2v) is 6.85. The van der Waals surface area contributed by atoms with E-state index in [9.17, 15) is 35.1 Å². The zero-order chi connectivity index (χ0) is 20.9. The molecule has 9 nitrogen and oxygen atoms in total. The topological polar surface area (TPSA) is 154 Å². The molecule has 0 saturated carbocycles. The van der Waals surface area contributed by atoms with Crippen molar-refractivity contribution in [3.05, 3.63) is 58.7 Å². The Morgan fingerprint density at radius 2 is 1.50 bits per heavy atom. The van der Waals surface area contributed by atoms with Crippen LogP contribution in [0.15, 0.2) is 36.4 Å². The third-order valence-corrected chi connectivity index (χ3v) is 5.10. The average Bonchev–Trinajstić information content (AvgIpc) is 2.72. The van der Waals surface area contributed by atoms with E-state index >= 15 is 0 Å². The predicted molar refractivity (Wildman–Crippen MR) is 102 cm³/mol. The summed E-state index contributed by atoms with van der Waals surface area (Å²) in [5, 5.41) is 49.4. The molecule has 1 aliphatic heterocycles. The quantitative estimate of drug-likeness (QED) is 0.321. The van der Waals surface area contributed by atoms with Crippen molar-refractivity contribution in [1.29, 1.82) is 0 Å². The minimum Gasteiger partial charge on any atom is -0.507 e. The van der Waals surface area contributed by atoms with Crippen LogP contribution in [0.4, 0.5) is 0 Å². The number of aliphatic hydroxyl groups excluding tert-OH is 4. The first kappa shape index (κ1) is 23.5. The number of phenols is 1. The number of rotatable bonds is 3. The van der Waals surface area contributed by atoms with Gasteiger partial charge in [0, 0.05) is 62.5 Å². The SMILES string of the molecule is O=C1c2cccc(O)c2C(=O)c2c(OC3OC(CO)C(O)C(O)C3O)cccc21.[K]. The van der Waals surface area contributed by atoms with Gasteiger partial charge in [0.2, 0.25) is 12.1 Å². The third kappa shape index (κ3) is 3.77. The molecule has 2 aliphatic rings. The van der Waals surface area contributed by atoms with Crippen LogP contribution in [0.1, 0.15) is 31.8 Å². The number of hydrogen-bond donors (Lipinski definition) is 5. The fourth-order valence-electron chi connectivity index (χ4n) is 3.58. The number of carbonyl (C=O) groups is 2. The maximum Gasteiger partial charge on any atom is 0.229 e. The van der Waals surface area contributed by atoms with Crippen molar-refractivity contribution in [2.45, 2.75) is 30.7 Å². The van der Waals surface area contributed by atoms with E-state index in [0.717, 1.165) is 0 Å². The average molecular weight is 441 g/mol. The molecule has 153 valence electrons. The second kappa shape index (κ2) is 9.13. The molecule has 2 aromatic rings. The van der Waals surface area contributed by atoms with Crippen LogP contribution in [0.2, 0.25) is 0 Å². The number of aliphatic hydroxyl groups is 4. The Kier molecular flexibility index (Phi) is 7.14. The van der Waals surface area contributed by atoms with Gasteiger partial charge >= 0.3 is 0 Å². The van der Waals surface area contributed by atoms with Crippen LogP contribution >= 0.6 is 0 Å². The molecule has 1 heterocycles.